The number of H-pyrrole nitrogens is 1. The van der Waals surface area contributed by atoms with Gasteiger partial charge in [0.15, 0.2) is 5.82 Å². The van der Waals surface area contributed by atoms with E-state index in [2.05, 4.69) is 20.3 Å². The van der Waals surface area contributed by atoms with Crippen molar-refractivity contribution in [3.8, 4) is 0 Å². The first-order valence-electron chi connectivity index (χ1n) is 6.09. The summed E-state index contributed by atoms with van der Waals surface area (Å²) >= 11 is 0. The van der Waals surface area contributed by atoms with Crippen molar-refractivity contribution in [1.29, 1.82) is 0 Å². The van der Waals surface area contributed by atoms with Crippen LogP contribution in [0.5, 0.6) is 0 Å². The van der Waals surface area contributed by atoms with Crippen molar-refractivity contribution in [3.05, 3.63) is 41.0 Å². The number of nitrogens with one attached hydrogen (secondary N) is 2. The number of imidazole rings is 1. The van der Waals surface area contributed by atoms with E-state index in [0.717, 1.165) is 18.7 Å². The lowest BCUT2D eigenvalue weighted by molar-refractivity contribution is 0.716. The number of anilines is 1. The van der Waals surface area contributed by atoms with Crippen LogP contribution in [0.4, 0.5) is 5.82 Å². The van der Waals surface area contributed by atoms with Crippen LogP contribution in [0.3, 0.4) is 0 Å². The number of aryl methyl sites for hydroxylation is 2. The van der Waals surface area contributed by atoms with Crippen molar-refractivity contribution in [1.82, 2.24) is 19.5 Å². The molecule has 2 aromatic rings. The van der Waals surface area contributed by atoms with E-state index in [1.807, 2.05) is 6.92 Å². The summed E-state index contributed by atoms with van der Waals surface area (Å²) in [5.41, 5.74) is -0.0713. The van der Waals surface area contributed by atoms with E-state index in [-0.39, 0.29) is 5.56 Å². The van der Waals surface area contributed by atoms with Gasteiger partial charge in [-0.15, -0.1) is 0 Å². The number of aromatic amines is 1. The summed E-state index contributed by atoms with van der Waals surface area (Å²) in [4.78, 5) is 23.1. The molecule has 0 fully saturated rings. The Morgan fingerprint density at radius 2 is 2.28 bits per heavy atom. The van der Waals surface area contributed by atoms with Crippen LogP contribution >= 0.6 is 0 Å². The largest absolute Gasteiger partial charge is 0.365 e. The first-order chi connectivity index (χ1) is 8.81. The van der Waals surface area contributed by atoms with Gasteiger partial charge in [-0.25, -0.2) is 9.97 Å². The van der Waals surface area contributed by atoms with Gasteiger partial charge < -0.3 is 14.9 Å². The lowest BCUT2D eigenvalue weighted by atomic mass is 10.3. The summed E-state index contributed by atoms with van der Waals surface area (Å²) in [5, 5.41) is 3.06. The summed E-state index contributed by atoms with van der Waals surface area (Å²) in [7, 11) is 0. The normalized spacial score (nSPS) is 10.5. The molecule has 0 atom stereocenters. The fourth-order valence-electron chi connectivity index (χ4n) is 1.71. The average molecular weight is 247 g/mol. The molecular weight excluding hydrogens is 230 g/mol. The lowest BCUT2D eigenvalue weighted by Crippen LogP contribution is -2.24. The van der Waals surface area contributed by atoms with Gasteiger partial charge in [-0.1, -0.05) is 0 Å². The second-order valence-electron chi connectivity index (χ2n) is 3.93. The Morgan fingerprint density at radius 1 is 1.39 bits per heavy atom. The molecule has 0 saturated heterocycles. The molecule has 0 amide bonds. The predicted molar refractivity (Wildman–Crippen MR) is 69.6 cm³/mol. The lowest BCUT2D eigenvalue weighted by Gasteiger charge is -2.06. The van der Waals surface area contributed by atoms with Crippen LogP contribution < -0.4 is 10.9 Å². The van der Waals surface area contributed by atoms with Gasteiger partial charge in [0.1, 0.15) is 5.82 Å². The van der Waals surface area contributed by atoms with E-state index in [4.69, 9.17) is 0 Å². The smallest absolute Gasteiger partial charge is 0.293 e. The molecule has 2 rings (SSSR count). The van der Waals surface area contributed by atoms with Crippen LogP contribution in [0.1, 0.15) is 19.2 Å². The van der Waals surface area contributed by atoms with Crippen molar-refractivity contribution in [2.75, 3.05) is 11.9 Å². The highest BCUT2D eigenvalue weighted by molar-refractivity contribution is 5.30. The highest BCUT2D eigenvalue weighted by atomic mass is 16.1. The fraction of sp³-hybridized carbons (Fsp3) is 0.417. The highest BCUT2D eigenvalue weighted by Gasteiger charge is 2.02. The van der Waals surface area contributed by atoms with Gasteiger partial charge in [0.25, 0.3) is 5.56 Å². The van der Waals surface area contributed by atoms with E-state index in [9.17, 15) is 4.79 Å². The Balaban J connectivity index is 1.85. The topological polar surface area (TPSA) is 75.6 Å². The quantitative estimate of drug-likeness (QED) is 0.748. The van der Waals surface area contributed by atoms with Crippen molar-refractivity contribution < 1.29 is 0 Å². The van der Waals surface area contributed by atoms with Crippen LogP contribution in [0, 0.1) is 0 Å². The molecule has 0 aliphatic heterocycles. The van der Waals surface area contributed by atoms with Gasteiger partial charge in [-0.05, 0) is 13.3 Å². The molecule has 0 unspecified atom stereocenters. The third-order valence-corrected chi connectivity index (χ3v) is 2.69. The van der Waals surface area contributed by atoms with Crippen LogP contribution in [-0.2, 0) is 13.0 Å². The maximum atomic E-state index is 11.8. The molecule has 0 aliphatic rings. The van der Waals surface area contributed by atoms with E-state index >= 15 is 0 Å². The molecule has 6 heteroatoms. The first kappa shape index (κ1) is 12.3. The highest BCUT2D eigenvalue weighted by Crippen LogP contribution is 1.97. The summed E-state index contributed by atoms with van der Waals surface area (Å²) in [6, 6.07) is 0. The molecular formula is C12H17N5O. The zero-order chi connectivity index (χ0) is 12.8. The summed E-state index contributed by atoms with van der Waals surface area (Å²) in [6.07, 6.45) is 8.63. The number of hydrogen-bond acceptors (Lipinski definition) is 4. The Morgan fingerprint density at radius 3 is 3.00 bits per heavy atom. The number of hydrogen-bond donors (Lipinski definition) is 2. The minimum Gasteiger partial charge on any atom is -0.365 e. The summed E-state index contributed by atoms with van der Waals surface area (Å²) < 4.78 is 1.63. The molecule has 2 aromatic heterocycles. The molecule has 2 heterocycles. The van der Waals surface area contributed by atoms with Gasteiger partial charge in [0, 0.05) is 44.3 Å². The average Bonchev–Trinajstić information content (AvgIpc) is 2.89. The van der Waals surface area contributed by atoms with Crippen LogP contribution in [0.25, 0.3) is 0 Å². The van der Waals surface area contributed by atoms with E-state index in [0.29, 0.717) is 18.9 Å². The molecule has 18 heavy (non-hydrogen) atoms. The first-order valence-corrected chi connectivity index (χ1v) is 6.09. The number of rotatable bonds is 6. The van der Waals surface area contributed by atoms with Gasteiger partial charge in [-0.2, -0.15) is 0 Å². The maximum absolute atomic E-state index is 11.8. The Bertz CT molecular complexity index is 532. The molecule has 0 bridgehead atoms. The predicted octanol–water partition coefficient (Wildman–Crippen LogP) is 1.03. The Labute approximate surface area is 105 Å². The number of aromatic nitrogens is 4. The van der Waals surface area contributed by atoms with Gasteiger partial charge in [0.2, 0.25) is 0 Å². The second kappa shape index (κ2) is 6.00. The van der Waals surface area contributed by atoms with Crippen molar-refractivity contribution >= 4 is 5.82 Å². The number of nitrogens with zero attached hydrogens (tertiary/aromatic N) is 3. The Hall–Kier alpha value is -2.11. The molecule has 0 spiro atoms. The summed E-state index contributed by atoms with van der Waals surface area (Å²) in [5.74, 6) is 1.38. The maximum Gasteiger partial charge on any atom is 0.293 e. The third kappa shape index (κ3) is 2.97. The van der Waals surface area contributed by atoms with Crippen LogP contribution in [-0.4, -0.2) is 26.1 Å². The molecule has 96 valence electrons. The minimum atomic E-state index is -0.0713. The third-order valence-electron chi connectivity index (χ3n) is 2.69. The molecule has 6 nitrogen and oxygen atoms in total. The minimum absolute atomic E-state index is 0.0713. The molecule has 2 N–H and O–H groups in total. The molecule has 0 aliphatic carbocycles. The van der Waals surface area contributed by atoms with Gasteiger partial charge >= 0.3 is 0 Å². The van der Waals surface area contributed by atoms with Gasteiger partial charge in [-0.3, -0.25) is 4.79 Å². The van der Waals surface area contributed by atoms with Crippen LogP contribution in [0.2, 0.25) is 0 Å². The van der Waals surface area contributed by atoms with Crippen molar-refractivity contribution in [2.24, 2.45) is 0 Å². The van der Waals surface area contributed by atoms with E-state index < -0.39 is 0 Å². The zero-order valence-electron chi connectivity index (χ0n) is 10.4. The molecule has 0 aromatic carbocycles. The van der Waals surface area contributed by atoms with Crippen molar-refractivity contribution in [2.45, 2.75) is 26.3 Å². The molecule has 0 saturated carbocycles. The van der Waals surface area contributed by atoms with Crippen molar-refractivity contribution in [3.63, 3.8) is 0 Å². The fourth-order valence-corrected chi connectivity index (χ4v) is 1.71. The zero-order valence-corrected chi connectivity index (χ0v) is 10.4. The van der Waals surface area contributed by atoms with Crippen LogP contribution in [0.15, 0.2) is 29.6 Å². The van der Waals surface area contributed by atoms with E-state index in [1.165, 1.54) is 0 Å². The standard InChI is InChI=1S/C12H17N5O/c1-2-17-9-8-16-11(12(17)18)15-5-3-4-10-13-6-7-14-10/h6-9H,2-5H2,1H3,(H,13,14)(H,15,16). The molecule has 0 radical (unpaired) electrons. The SMILES string of the molecule is CCn1ccnc(NCCCc2ncc[nH]2)c1=O. The second-order valence-corrected chi connectivity index (χ2v) is 3.93. The summed E-state index contributed by atoms with van der Waals surface area (Å²) in [6.45, 7) is 3.29. The van der Waals surface area contributed by atoms with Gasteiger partial charge in [0.05, 0.1) is 0 Å². The van der Waals surface area contributed by atoms with E-state index in [1.54, 1.807) is 29.4 Å². The Kier molecular flexibility index (Phi) is 4.11. The monoisotopic (exact) mass is 247 g/mol.